The van der Waals surface area contributed by atoms with E-state index in [1.54, 1.807) is 18.4 Å². The van der Waals surface area contributed by atoms with E-state index in [9.17, 15) is 4.79 Å². The van der Waals surface area contributed by atoms with Crippen molar-refractivity contribution in [2.24, 2.45) is 5.92 Å². The molecule has 1 aliphatic rings. The normalized spacial score (nSPS) is 19.2. The van der Waals surface area contributed by atoms with Crippen molar-refractivity contribution >= 4 is 6.29 Å². The van der Waals surface area contributed by atoms with E-state index in [0.717, 1.165) is 0 Å². The lowest BCUT2D eigenvalue weighted by Gasteiger charge is -1.57. The lowest BCUT2D eigenvalue weighted by Crippen LogP contribution is -1.69. The van der Waals surface area contributed by atoms with Crippen LogP contribution in [0.1, 0.15) is 0 Å². The third-order valence-corrected chi connectivity index (χ3v) is 0.521. The highest BCUT2D eigenvalue weighted by Gasteiger charge is 2.07. The smallest absolute Gasteiger partial charge is 0.209 e. The number of hydrogen-bond acceptors (Lipinski definition) is 1. The average molecular weight is 67.1 g/mol. The summed E-state index contributed by atoms with van der Waals surface area (Å²) in [5, 5.41) is 0. The van der Waals surface area contributed by atoms with Crippen LogP contribution >= 0.6 is 0 Å². The minimum atomic E-state index is 0.0787. The molecule has 1 rings (SSSR count). The van der Waals surface area contributed by atoms with Crippen LogP contribution in [0, 0.1) is 5.92 Å². The van der Waals surface area contributed by atoms with Gasteiger partial charge in [0.1, 0.15) is 0 Å². The van der Waals surface area contributed by atoms with Crippen LogP contribution in [0.15, 0.2) is 12.2 Å². The van der Waals surface area contributed by atoms with E-state index in [1.165, 1.54) is 0 Å². The Bertz CT molecular complexity index is 67.7. The standard InChI is InChI=1S/C4H3O/c5-3-4-1-2-4/h1-2,4H. The molecule has 0 atom stereocenters. The van der Waals surface area contributed by atoms with Gasteiger partial charge in [0, 0.05) is 0 Å². The van der Waals surface area contributed by atoms with Crippen LogP contribution < -0.4 is 0 Å². The third kappa shape index (κ3) is 0.349. The lowest BCUT2D eigenvalue weighted by molar-refractivity contribution is 0.552. The Morgan fingerprint density at radius 3 is 2.20 bits per heavy atom. The SMILES string of the molecule is O=[C]C1C=C1. The first kappa shape index (κ1) is 2.64. The van der Waals surface area contributed by atoms with Crippen molar-refractivity contribution < 1.29 is 4.79 Å². The summed E-state index contributed by atoms with van der Waals surface area (Å²) in [5.41, 5.74) is 0. The fraction of sp³-hybridized carbons (Fsp3) is 0.250. The van der Waals surface area contributed by atoms with Crippen molar-refractivity contribution in [3.63, 3.8) is 0 Å². The fourth-order valence-electron chi connectivity index (χ4n) is 0.134. The molecule has 0 amide bonds. The van der Waals surface area contributed by atoms with E-state index in [2.05, 4.69) is 0 Å². The van der Waals surface area contributed by atoms with Gasteiger partial charge in [-0.2, -0.15) is 0 Å². The van der Waals surface area contributed by atoms with Gasteiger partial charge in [0.2, 0.25) is 6.29 Å². The molecule has 0 aromatic heterocycles. The Labute approximate surface area is 30.3 Å². The second kappa shape index (κ2) is 0.677. The molecular weight excluding hydrogens is 64.0 g/mol. The Morgan fingerprint density at radius 2 is 2.20 bits per heavy atom. The molecule has 0 aliphatic heterocycles. The van der Waals surface area contributed by atoms with Gasteiger partial charge >= 0.3 is 0 Å². The molecule has 1 nitrogen and oxygen atoms in total. The van der Waals surface area contributed by atoms with Crippen molar-refractivity contribution in [2.45, 2.75) is 0 Å². The van der Waals surface area contributed by atoms with Gasteiger partial charge in [-0.25, -0.2) is 0 Å². The minimum Gasteiger partial charge on any atom is -0.290 e. The molecule has 0 aromatic carbocycles. The van der Waals surface area contributed by atoms with Crippen LogP contribution in [-0.4, -0.2) is 6.29 Å². The summed E-state index contributed by atoms with van der Waals surface area (Å²) in [6, 6.07) is 0. The Morgan fingerprint density at radius 1 is 1.60 bits per heavy atom. The molecule has 0 saturated carbocycles. The summed E-state index contributed by atoms with van der Waals surface area (Å²) < 4.78 is 0. The average Bonchev–Trinajstić information content (AvgIpc) is 2.12. The van der Waals surface area contributed by atoms with Gasteiger partial charge in [-0.3, -0.25) is 4.79 Å². The lowest BCUT2D eigenvalue weighted by atomic mass is 10.5. The van der Waals surface area contributed by atoms with E-state index < -0.39 is 0 Å². The van der Waals surface area contributed by atoms with Crippen molar-refractivity contribution in [1.82, 2.24) is 0 Å². The molecule has 1 radical (unpaired) electrons. The summed E-state index contributed by atoms with van der Waals surface area (Å²) in [6.07, 6.45) is 5.38. The highest BCUT2D eigenvalue weighted by atomic mass is 16.1. The van der Waals surface area contributed by atoms with Gasteiger partial charge in [-0.1, -0.05) is 12.2 Å². The number of rotatable bonds is 1. The van der Waals surface area contributed by atoms with Gasteiger partial charge in [-0.15, -0.1) is 0 Å². The molecule has 0 unspecified atom stereocenters. The van der Waals surface area contributed by atoms with E-state index in [4.69, 9.17) is 0 Å². The summed E-state index contributed by atoms with van der Waals surface area (Å²) >= 11 is 0. The van der Waals surface area contributed by atoms with Crippen LogP contribution in [0.4, 0.5) is 0 Å². The molecule has 1 aliphatic carbocycles. The first-order chi connectivity index (χ1) is 2.43. The predicted molar refractivity (Wildman–Crippen MR) is 18.3 cm³/mol. The van der Waals surface area contributed by atoms with Gasteiger partial charge in [0.15, 0.2) is 0 Å². The van der Waals surface area contributed by atoms with Crippen LogP contribution in [0.2, 0.25) is 0 Å². The van der Waals surface area contributed by atoms with Gasteiger partial charge in [0.25, 0.3) is 0 Å². The molecule has 0 heterocycles. The van der Waals surface area contributed by atoms with Crippen molar-refractivity contribution in [2.75, 3.05) is 0 Å². The topological polar surface area (TPSA) is 17.1 Å². The number of allylic oxidation sites excluding steroid dienone is 2. The van der Waals surface area contributed by atoms with Gasteiger partial charge in [0.05, 0.1) is 5.92 Å². The third-order valence-electron chi connectivity index (χ3n) is 0.521. The zero-order chi connectivity index (χ0) is 3.70. The van der Waals surface area contributed by atoms with E-state index in [0.29, 0.717) is 0 Å². The fourth-order valence-corrected chi connectivity index (χ4v) is 0.134. The highest BCUT2D eigenvalue weighted by Crippen LogP contribution is 2.09. The Hall–Kier alpha value is -0.590. The zero-order valence-electron chi connectivity index (χ0n) is 2.64. The molecule has 0 N–H and O–H groups in total. The molecule has 0 bridgehead atoms. The molecule has 0 fully saturated rings. The summed E-state index contributed by atoms with van der Waals surface area (Å²) in [5.74, 6) is 0.0787. The van der Waals surface area contributed by atoms with Crippen LogP contribution in [0.25, 0.3) is 0 Å². The summed E-state index contributed by atoms with van der Waals surface area (Å²) in [4.78, 5) is 9.38. The van der Waals surface area contributed by atoms with Gasteiger partial charge in [-0.05, 0) is 0 Å². The first-order valence-corrected chi connectivity index (χ1v) is 1.49. The molecule has 0 aromatic rings. The molecule has 0 spiro atoms. The molecule has 1 heteroatoms. The summed E-state index contributed by atoms with van der Waals surface area (Å²) in [6.45, 7) is 0. The zero-order valence-corrected chi connectivity index (χ0v) is 2.64. The van der Waals surface area contributed by atoms with Crippen LogP contribution in [0.5, 0.6) is 0 Å². The van der Waals surface area contributed by atoms with Crippen molar-refractivity contribution in [1.29, 1.82) is 0 Å². The highest BCUT2D eigenvalue weighted by molar-refractivity contribution is 5.66. The van der Waals surface area contributed by atoms with E-state index in [1.807, 2.05) is 0 Å². The maximum Gasteiger partial charge on any atom is 0.209 e. The maximum atomic E-state index is 9.38. The van der Waals surface area contributed by atoms with Crippen molar-refractivity contribution in [3.8, 4) is 0 Å². The van der Waals surface area contributed by atoms with E-state index in [-0.39, 0.29) is 5.92 Å². The maximum absolute atomic E-state index is 9.38. The molecule has 25 valence electrons. The Kier molecular flexibility index (Phi) is 0.357. The Balaban J connectivity index is 2.28. The van der Waals surface area contributed by atoms with Crippen LogP contribution in [0.3, 0.4) is 0 Å². The monoisotopic (exact) mass is 67.0 g/mol. The largest absolute Gasteiger partial charge is 0.290 e. The van der Waals surface area contributed by atoms with Gasteiger partial charge < -0.3 is 0 Å². The number of hydrogen-bond donors (Lipinski definition) is 0. The predicted octanol–water partition coefficient (Wildman–Crippen LogP) is 0.282. The quantitative estimate of drug-likeness (QED) is 0.402. The van der Waals surface area contributed by atoms with E-state index >= 15 is 0 Å². The summed E-state index contributed by atoms with van der Waals surface area (Å²) in [7, 11) is 0. The first-order valence-electron chi connectivity index (χ1n) is 1.49. The number of carbonyl (C=O) groups excluding carboxylic acids is 1. The van der Waals surface area contributed by atoms with Crippen LogP contribution in [-0.2, 0) is 4.79 Å². The van der Waals surface area contributed by atoms with Crippen molar-refractivity contribution in [3.05, 3.63) is 12.2 Å². The molecular formula is C4H3O. The molecule has 0 saturated heterocycles. The second-order valence-corrected chi connectivity index (χ2v) is 1.03. The second-order valence-electron chi connectivity index (χ2n) is 1.03. The molecule has 5 heavy (non-hydrogen) atoms. The minimum absolute atomic E-state index is 0.0787.